The average molecular weight is 269 g/mol. The predicted octanol–water partition coefficient (Wildman–Crippen LogP) is 2.93. The number of halogens is 1. The fourth-order valence-electron chi connectivity index (χ4n) is 1.80. The number of likely N-dealkylation sites (N-methyl/N-ethyl adjacent to an activating group) is 1. The molecule has 0 amide bonds. The summed E-state index contributed by atoms with van der Waals surface area (Å²) in [6.45, 7) is 5.02. The van der Waals surface area contributed by atoms with Gasteiger partial charge in [0.15, 0.2) is 0 Å². The number of anilines is 1. The molecule has 1 aromatic carbocycles. The van der Waals surface area contributed by atoms with Gasteiger partial charge in [0.25, 0.3) is 0 Å². The van der Waals surface area contributed by atoms with Gasteiger partial charge in [-0.15, -0.1) is 0 Å². The Morgan fingerprint density at radius 2 is 1.94 bits per heavy atom. The first-order chi connectivity index (χ1) is 8.58. The molecule has 0 unspecified atom stereocenters. The second-order valence-corrected chi connectivity index (χ2v) is 5.03. The van der Waals surface area contributed by atoms with Crippen molar-refractivity contribution in [3.8, 4) is 0 Å². The van der Waals surface area contributed by atoms with Crippen molar-refractivity contribution in [3.05, 3.63) is 28.8 Å². The minimum Gasteiger partial charge on any atom is -0.369 e. The minimum absolute atomic E-state index is 0.618. The predicted molar refractivity (Wildman–Crippen MR) is 77.9 cm³/mol. The molecule has 1 aromatic rings. The summed E-state index contributed by atoms with van der Waals surface area (Å²) in [7, 11) is 4.11. The van der Waals surface area contributed by atoms with Crippen molar-refractivity contribution in [2.45, 2.75) is 13.3 Å². The van der Waals surface area contributed by atoms with E-state index in [9.17, 15) is 4.79 Å². The SMILES string of the molecule is CCCN(CCN(C)C)c1ccc(C=O)cc1Cl. The molecule has 0 atom stereocenters. The molecule has 0 aliphatic carbocycles. The minimum atomic E-state index is 0.618. The van der Waals surface area contributed by atoms with Gasteiger partial charge in [-0.05, 0) is 38.7 Å². The van der Waals surface area contributed by atoms with E-state index < -0.39 is 0 Å². The Balaban J connectivity index is 2.87. The van der Waals surface area contributed by atoms with Crippen LogP contribution in [0.25, 0.3) is 0 Å². The molecule has 0 aliphatic heterocycles. The number of rotatable bonds is 7. The molecule has 3 nitrogen and oxygen atoms in total. The Labute approximate surface area is 114 Å². The van der Waals surface area contributed by atoms with Crippen LogP contribution in [0.2, 0.25) is 5.02 Å². The summed E-state index contributed by atoms with van der Waals surface area (Å²) >= 11 is 6.24. The van der Waals surface area contributed by atoms with E-state index in [0.717, 1.165) is 38.0 Å². The second kappa shape index (κ2) is 7.39. The lowest BCUT2D eigenvalue weighted by atomic mass is 10.2. The number of hydrogen-bond acceptors (Lipinski definition) is 3. The van der Waals surface area contributed by atoms with Crippen LogP contribution in [0, 0.1) is 0 Å². The number of aldehydes is 1. The lowest BCUT2D eigenvalue weighted by molar-refractivity contribution is 0.112. The first-order valence-electron chi connectivity index (χ1n) is 6.23. The molecule has 0 N–H and O–H groups in total. The number of carbonyl (C=O) groups is 1. The Kier molecular flexibility index (Phi) is 6.16. The zero-order chi connectivity index (χ0) is 13.5. The van der Waals surface area contributed by atoms with E-state index in [4.69, 9.17) is 11.6 Å². The Hall–Kier alpha value is -1.06. The summed E-state index contributed by atoms with van der Waals surface area (Å²) in [5.41, 5.74) is 1.62. The normalized spacial score (nSPS) is 10.7. The lowest BCUT2D eigenvalue weighted by Crippen LogP contribution is -2.32. The highest BCUT2D eigenvalue weighted by Crippen LogP contribution is 2.26. The maximum Gasteiger partial charge on any atom is 0.150 e. The van der Waals surface area contributed by atoms with E-state index in [2.05, 4.69) is 30.8 Å². The standard InChI is InChI=1S/C14H21ClN2O/c1-4-7-17(9-8-16(2)3)14-6-5-12(11-18)10-13(14)15/h5-6,10-11H,4,7-9H2,1-3H3. The quantitative estimate of drug-likeness (QED) is 0.711. The van der Waals surface area contributed by atoms with E-state index in [0.29, 0.717) is 10.6 Å². The zero-order valence-corrected chi connectivity index (χ0v) is 12.1. The first kappa shape index (κ1) is 15.0. The van der Waals surface area contributed by atoms with Crippen LogP contribution in [0.15, 0.2) is 18.2 Å². The van der Waals surface area contributed by atoms with Crippen molar-refractivity contribution in [1.82, 2.24) is 4.90 Å². The zero-order valence-electron chi connectivity index (χ0n) is 11.3. The smallest absolute Gasteiger partial charge is 0.150 e. The summed E-state index contributed by atoms with van der Waals surface area (Å²) in [5.74, 6) is 0. The summed E-state index contributed by atoms with van der Waals surface area (Å²) in [5, 5.41) is 0.645. The average Bonchev–Trinajstić information content (AvgIpc) is 2.34. The maximum atomic E-state index is 10.7. The molecule has 0 radical (unpaired) electrons. The highest BCUT2D eigenvalue weighted by atomic mass is 35.5. The molecule has 0 heterocycles. The van der Waals surface area contributed by atoms with Gasteiger partial charge in [0.1, 0.15) is 6.29 Å². The maximum absolute atomic E-state index is 10.7. The molecule has 0 aromatic heterocycles. The second-order valence-electron chi connectivity index (χ2n) is 4.62. The Bertz CT molecular complexity index is 393. The van der Waals surface area contributed by atoms with Crippen molar-refractivity contribution >= 4 is 23.6 Å². The molecule has 1 rings (SSSR count). The van der Waals surface area contributed by atoms with Gasteiger partial charge in [-0.25, -0.2) is 0 Å². The van der Waals surface area contributed by atoms with Crippen LogP contribution in [-0.4, -0.2) is 44.9 Å². The van der Waals surface area contributed by atoms with Crippen molar-refractivity contribution in [2.75, 3.05) is 38.6 Å². The molecular formula is C14H21ClN2O. The Morgan fingerprint density at radius 1 is 1.22 bits per heavy atom. The van der Waals surface area contributed by atoms with Crippen molar-refractivity contribution in [1.29, 1.82) is 0 Å². The molecule has 0 aliphatic rings. The van der Waals surface area contributed by atoms with Gasteiger partial charge >= 0.3 is 0 Å². The van der Waals surface area contributed by atoms with E-state index in [1.165, 1.54) is 0 Å². The summed E-state index contributed by atoms with van der Waals surface area (Å²) in [6.07, 6.45) is 1.89. The first-order valence-corrected chi connectivity index (χ1v) is 6.60. The van der Waals surface area contributed by atoms with Gasteiger partial charge in [0.05, 0.1) is 10.7 Å². The van der Waals surface area contributed by atoms with E-state index in [1.54, 1.807) is 6.07 Å². The van der Waals surface area contributed by atoms with Crippen LogP contribution in [0.4, 0.5) is 5.69 Å². The van der Waals surface area contributed by atoms with Crippen molar-refractivity contribution < 1.29 is 4.79 Å². The number of benzene rings is 1. The van der Waals surface area contributed by atoms with Gasteiger partial charge in [-0.2, -0.15) is 0 Å². The molecule has 0 saturated heterocycles. The molecule has 0 bridgehead atoms. The molecule has 0 saturated carbocycles. The van der Waals surface area contributed by atoms with Crippen LogP contribution < -0.4 is 4.90 Å². The third-order valence-corrected chi connectivity index (χ3v) is 3.06. The molecule has 0 spiro atoms. The molecule has 0 fully saturated rings. The number of nitrogens with zero attached hydrogens (tertiary/aromatic N) is 2. The molecular weight excluding hydrogens is 248 g/mol. The topological polar surface area (TPSA) is 23.6 Å². The third-order valence-electron chi connectivity index (χ3n) is 2.76. The summed E-state index contributed by atoms with van der Waals surface area (Å²) in [6, 6.07) is 5.46. The molecule has 4 heteroatoms. The number of hydrogen-bond donors (Lipinski definition) is 0. The summed E-state index contributed by atoms with van der Waals surface area (Å²) < 4.78 is 0. The highest BCUT2D eigenvalue weighted by Gasteiger charge is 2.10. The fourth-order valence-corrected chi connectivity index (χ4v) is 2.10. The van der Waals surface area contributed by atoms with Crippen LogP contribution in [0.3, 0.4) is 0 Å². The van der Waals surface area contributed by atoms with Gasteiger partial charge in [-0.3, -0.25) is 4.79 Å². The monoisotopic (exact) mass is 268 g/mol. The van der Waals surface area contributed by atoms with Crippen molar-refractivity contribution in [3.63, 3.8) is 0 Å². The van der Waals surface area contributed by atoms with Gasteiger partial charge < -0.3 is 9.80 Å². The van der Waals surface area contributed by atoms with Crippen molar-refractivity contribution in [2.24, 2.45) is 0 Å². The Morgan fingerprint density at radius 3 is 2.44 bits per heavy atom. The van der Waals surface area contributed by atoms with Crippen LogP contribution in [0.5, 0.6) is 0 Å². The lowest BCUT2D eigenvalue weighted by Gasteiger charge is -2.27. The van der Waals surface area contributed by atoms with Crippen LogP contribution in [0.1, 0.15) is 23.7 Å². The highest BCUT2D eigenvalue weighted by molar-refractivity contribution is 6.33. The third kappa shape index (κ3) is 4.31. The van der Waals surface area contributed by atoms with Gasteiger partial charge in [-0.1, -0.05) is 18.5 Å². The van der Waals surface area contributed by atoms with Gasteiger partial charge in [0, 0.05) is 25.2 Å². The van der Waals surface area contributed by atoms with E-state index in [-0.39, 0.29) is 0 Å². The largest absolute Gasteiger partial charge is 0.369 e. The van der Waals surface area contributed by atoms with E-state index >= 15 is 0 Å². The van der Waals surface area contributed by atoms with Gasteiger partial charge in [0.2, 0.25) is 0 Å². The molecule has 18 heavy (non-hydrogen) atoms. The van der Waals surface area contributed by atoms with E-state index in [1.807, 2.05) is 12.1 Å². The summed E-state index contributed by atoms with van der Waals surface area (Å²) in [4.78, 5) is 15.1. The fraction of sp³-hybridized carbons (Fsp3) is 0.500. The van der Waals surface area contributed by atoms with Crippen LogP contribution >= 0.6 is 11.6 Å². The number of carbonyl (C=O) groups excluding carboxylic acids is 1. The van der Waals surface area contributed by atoms with Crippen LogP contribution in [-0.2, 0) is 0 Å². The molecule has 100 valence electrons.